The second-order valence-electron chi connectivity index (χ2n) is 3.94. The van der Waals surface area contributed by atoms with Crippen molar-refractivity contribution >= 4 is 24.0 Å². The van der Waals surface area contributed by atoms with E-state index in [2.05, 4.69) is 4.98 Å². The van der Waals surface area contributed by atoms with Crippen LogP contribution in [0.4, 0.5) is 0 Å². The van der Waals surface area contributed by atoms with Crippen molar-refractivity contribution in [2.45, 2.75) is 12.8 Å². The molecule has 18 heavy (non-hydrogen) atoms. The maximum Gasteiger partial charge on any atom is 0.255 e. The minimum absolute atomic E-state index is 0.115. The van der Waals surface area contributed by atoms with Crippen LogP contribution in [0.1, 0.15) is 5.56 Å². The highest BCUT2D eigenvalue weighted by molar-refractivity contribution is 7.97. The van der Waals surface area contributed by atoms with E-state index in [1.165, 1.54) is 0 Å². The topological polar surface area (TPSA) is 37.8 Å². The molecule has 0 radical (unpaired) electrons. The van der Waals surface area contributed by atoms with E-state index >= 15 is 0 Å². The molecule has 2 aromatic rings. The minimum atomic E-state index is -0.115. The molecule has 0 saturated carbocycles. The Bertz CT molecular complexity index is 659. The van der Waals surface area contributed by atoms with Crippen molar-refractivity contribution in [3.05, 3.63) is 51.0 Å². The largest absolute Gasteiger partial charge is 0.308 e. The van der Waals surface area contributed by atoms with Crippen LogP contribution in [0.5, 0.6) is 0 Å². The van der Waals surface area contributed by atoms with Crippen LogP contribution in [0.25, 0.3) is 11.3 Å². The fraction of sp³-hybridized carbons (Fsp3) is 0.231. The quantitative estimate of drug-likeness (QED) is 0.876. The van der Waals surface area contributed by atoms with E-state index < -0.39 is 0 Å². The van der Waals surface area contributed by atoms with Gasteiger partial charge in [0.05, 0.1) is 11.6 Å². The van der Waals surface area contributed by atoms with Crippen LogP contribution < -0.4 is 5.56 Å². The van der Waals surface area contributed by atoms with Crippen LogP contribution in [0, 0.1) is 11.7 Å². The van der Waals surface area contributed by atoms with E-state index in [1.807, 2.05) is 48.1 Å². The van der Waals surface area contributed by atoms with Crippen LogP contribution in [-0.2, 0) is 5.88 Å². The van der Waals surface area contributed by atoms with Crippen molar-refractivity contribution in [3.63, 3.8) is 0 Å². The van der Waals surface area contributed by atoms with Gasteiger partial charge < -0.3 is 4.57 Å². The van der Waals surface area contributed by atoms with E-state index in [-0.39, 0.29) is 5.56 Å². The standard InChI is InChI=1S/C13H14N2OS2/c1-9-11(10-6-4-3-5-7-10)15(8-18-2)13(17)14-12(9)16/h3-7H,8H2,1-2H3,(H,14,16,17). The number of nitrogens with one attached hydrogen (secondary N) is 1. The number of thioether (sulfide) groups is 1. The van der Waals surface area contributed by atoms with Gasteiger partial charge in [-0.2, -0.15) is 0 Å². The smallest absolute Gasteiger partial charge is 0.255 e. The van der Waals surface area contributed by atoms with Crippen LogP contribution in [0.15, 0.2) is 35.1 Å². The van der Waals surface area contributed by atoms with Gasteiger partial charge in [-0.05, 0) is 31.0 Å². The monoisotopic (exact) mass is 278 g/mol. The Labute approximate surface area is 115 Å². The normalized spacial score (nSPS) is 10.6. The molecule has 94 valence electrons. The first kappa shape index (κ1) is 13.1. The maximum atomic E-state index is 11.8. The summed E-state index contributed by atoms with van der Waals surface area (Å²) >= 11 is 6.91. The summed E-state index contributed by atoms with van der Waals surface area (Å²) in [6, 6.07) is 9.87. The van der Waals surface area contributed by atoms with Gasteiger partial charge in [0.15, 0.2) is 4.77 Å². The van der Waals surface area contributed by atoms with Crippen molar-refractivity contribution in [2.24, 2.45) is 0 Å². The van der Waals surface area contributed by atoms with Gasteiger partial charge in [0.2, 0.25) is 0 Å². The summed E-state index contributed by atoms with van der Waals surface area (Å²) < 4.78 is 2.44. The highest BCUT2D eigenvalue weighted by Gasteiger charge is 2.11. The summed E-state index contributed by atoms with van der Waals surface area (Å²) in [6.45, 7) is 1.83. The number of H-pyrrole nitrogens is 1. The number of aromatic amines is 1. The Balaban J connectivity index is 2.79. The van der Waals surface area contributed by atoms with Crippen molar-refractivity contribution < 1.29 is 0 Å². The summed E-state index contributed by atoms with van der Waals surface area (Å²) in [6.07, 6.45) is 2.01. The number of hydrogen-bond acceptors (Lipinski definition) is 3. The Morgan fingerprint density at radius 3 is 2.61 bits per heavy atom. The zero-order valence-corrected chi connectivity index (χ0v) is 11.9. The predicted octanol–water partition coefficient (Wildman–Crippen LogP) is 3.20. The first-order chi connectivity index (χ1) is 8.65. The van der Waals surface area contributed by atoms with Crippen LogP contribution in [0.3, 0.4) is 0 Å². The Morgan fingerprint density at radius 2 is 2.00 bits per heavy atom. The molecule has 1 aromatic carbocycles. The van der Waals surface area contributed by atoms with Crippen LogP contribution in [0.2, 0.25) is 0 Å². The first-order valence-corrected chi connectivity index (χ1v) is 7.33. The van der Waals surface area contributed by atoms with Gasteiger partial charge in [0.25, 0.3) is 5.56 Å². The Kier molecular flexibility index (Phi) is 4.04. The number of nitrogens with zero attached hydrogens (tertiary/aromatic N) is 1. The average molecular weight is 278 g/mol. The van der Waals surface area contributed by atoms with Crippen molar-refractivity contribution in [2.75, 3.05) is 6.26 Å². The number of benzene rings is 1. The van der Waals surface area contributed by atoms with E-state index in [0.717, 1.165) is 17.1 Å². The van der Waals surface area contributed by atoms with E-state index in [1.54, 1.807) is 11.8 Å². The number of aromatic nitrogens is 2. The average Bonchev–Trinajstić information content (AvgIpc) is 2.37. The SMILES string of the molecule is CSCn1c(-c2ccccc2)c(C)c(=O)[nH]c1=S. The molecule has 3 nitrogen and oxygen atoms in total. The third kappa shape index (κ3) is 2.42. The molecule has 2 rings (SSSR count). The third-order valence-corrected chi connectivity index (χ3v) is 3.58. The zero-order chi connectivity index (χ0) is 13.1. The second-order valence-corrected chi connectivity index (χ2v) is 5.17. The maximum absolute atomic E-state index is 11.8. The van der Waals surface area contributed by atoms with Crippen molar-refractivity contribution in [1.82, 2.24) is 9.55 Å². The lowest BCUT2D eigenvalue weighted by Crippen LogP contribution is -2.18. The molecule has 0 bridgehead atoms. The van der Waals surface area contributed by atoms with E-state index in [9.17, 15) is 4.79 Å². The second kappa shape index (κ2) is 5.54. The molecule has 0 fully saturated rings. The van der Waals surface area contributed by atoms with Crippen LogP contribution >= 0.6 is 24.0 Å². The summed E-state index contributed by atoms with van der Waals surface area (Å²) in [5.41, 5.74) is 2.50. The van der Waals surface area contributed by atoms with E-state index in [0.29, 0.717) is 10.3 Å². The van der Waals surface area contributed by atoms with Gasteiger partial charge >= 0.3 is 0 Å². The molecule has 0 atom stereocenters. The van der Waals surface area contributed by atoms with Crippen LogP contribution in [-0.4, -0.2) is 15.8 Å². The highest BCUT2D eigenvalue weighted by atomic mass is 32.2. The van der Waals surface area contributed by atoms with Gasteiger partial charge in [0.1, 0.15) is 0 Å². The summed E-state index contributed by atoms with van der Waals surface area (Å²) in [5, 5.41) is 0. The third-order valence-electron chi connectivity index (χ3n) is 2.74. The van der Waals surface area contributed by atoms with Gasteiger partial charge in [-0.1, -0.05) is 30.3 Å². The predicted molar refractivity (Wildman–Crippen MR) is 79.6 cm³/mol. The molecule has 1 aromatic heterocycles. The van der Waals surface area contributed by atoms with E-state index in [4.69, 9.17) is 12.2 Å². The molecule has 1 N–H and O–H groups in total. The molecule has 5 heteroatoms. The number of hydrogen-bond donors (Lipinski definition) is 1. The molecule has 0 aliphatic rings. The molecular weight excluding hydrogens is 264 g/mol. The first-order valence-electron chi connectivity index (χ1n) is 5.53. The van der Waals surface area contributed by atoms with Crippen molar-refractivity contribution in [1.29, 1.82) is 0 Å². The highest BCUT2D eigenvalue weighted by Crippen LogP contribution is 2.22. The minimum Gasteiger partial charge on any atom is -0.308 e. The Morgan fingerprint density at radius 1 is 1.33 bits per heavy atom. The lowest BCUT2D eigenvalue weighted by Gasteiger charge is -2.15. The Hall–Kier alpha value is -1.33. The molecule has 0 amide bonds. The fourth-order valence-corrected chi connectivity index (χ4v) is 2.74. The summed E-state index contributed by atoms with van der Waals surface area (Å²) in [7, 11) is 0. The van der Waals surface area contributed by atoms with Gasteiger partial charge in [-0.25, -0.2) is 0 Å². The molecule has 0 aliphatic carbocycles. The summed E-state index contributed by atoms with van der Waals surface area (Å²) in [4.78, 5) is 14.6. The molecular formula is C13H14N2OS2. The molecule has 0 aliphatic heterocycles. The molecule has 0 unspecified atom stereocenters. The zero-order valence-electron chi connectivity index (χ0n) is 10.3. The lowest BCUT2D eigenvalue weighted by molar-refractivity contribution is 0.816. The van der Waals surface area contributed by atoms with Crippen molar-refractivity contribution in [3.8, 4) is 11.3 Å². The molecule has 0 spiro atoms. The lowest BCUT2D eigenvalue weighted by atomic mass is 10.1. The van der Waals surface area contributed by atoms with Gasteiger partial charge in [0, 0.05) is 5.56 Å². The number of rotatable bonds is 3. The van der Waals surface area contributed by atoms with Gasteiger partial charge in [-0.15, -0.1) is 11.8 Å². The molecule has 0 saturated heterocycles. The summed E-state index contributed by atoms with van der Waals surface area (Å²) in [5.74, 6) is 0.723. The fourth-order valence-electron chi connectivity index (χ4n) is 1.89. The molecule has 1 heterocycles. The van der Waals surface area contributed by atoms with Gasteiger partial charge in [-0.3, -0.25) is 9.78 Å².